The molecule has 0 spiro atoms. The highest BCUT2D eigenvalue weighted by Crippen LogP contribution is 2.27. The molecule has 0 amide bonds. The first-order valence-electron chi connectivity index (χ1n) is 3.32. The summed E-state index contributed by atoms with van der Waals surface area (Å²) in [6.07, 6.45) is 1.66. The van der Waals surface area contributed by atoms with E-state index < -0.39 is 0 Å². The van der Waals surface area contributed by atoms with Gasteiger partial charge in [-0.1, -0.05) is 0 Å². The SMILES string of the molecule is Nc1nn(PI)c2c(=O)[nH]cnc12. The predicted molar refractivity (Wildman–Crippen MR) is 60.3 cm³/mol. The number of aromatic amines is 1. The van der Waals surface area contributed by atoms with E-state index in [2.05, 4.69) is 37.1 Å². The van der Waals surface area contributed by atoms with Gasteiger partial charge in [0.25, 0.3) is 5.56 Å². The number of nitrogens with zero attached hydrogens (tertiary/aromatic N) is 3. The Morgan fingerprint density at radius 3 is 3.15 bits per heavy atom. The molecular weight excluding hydrogens is 304 g/mol. The van der Waals surface area contributed by atoms with Gasteiger partial charge in [0.2, 0.25) is 0 Å². The quantitative estimate of drug-likeness (QED) is 0.593. The highest BCUT2D eigenvalue weighted by molar-refractivity contribution is 14.2. The van der Waals surface area contributed by atoms with Crippen LogP contribution in [0.25, 0.3) is 11.0 Å². The molecule has 3 N–H and O–H groups in total. The maximum atomic E-state index is 11.4. The van der Waals surface area contributed by atoms with Crippen LogP contribution in [0.1, 0.15) is 0 Å². The maximum Gasteiger partial charge on any atom is 0.277 e. The monoisotopic (exact) mass is 309 g/mol. The van der Waals surface area contributed by atoms with Gasteiger partial charge in [-0.2, -0.15) is 0 Å². The molecule has 2 aromatic rings. The van der Waals surface area contributed by atoms with E-state index in [0.29, 0.717) is 23.2 Å². The molecule has 0 saturated heterocycles. The molecule has 1 unspecified atom stereocenters. The number of nitrogen functional groups attached to an aromatic ring is 1. The smallest absolute Gasteiger partial charge is 0.277 e. The van der Waals surface area contributed by atoms with Crippen molar-refractivity contribution in [3.05, 3.63) is 16.7 Å². The number of hydrogen-bond acceptors (Lipinski definition) is 4. The number of hydrogen-bond donors (Lipinski definition) is 2. The summed E-state index contributed by atoms with van der Waals surface area (Å²) in [6.45, 7) is 0. The van der Waals surface area contributed by atoms with E-state index in [1.54, 1.807) is 4.45 Å². The van der Waals surface area contributed by atoms with Crippen LogP contribution in [0, 0.1) is 0 Å². The Morgan fingerprint density at radius 1 is 1.69 bits per heavy atom. The van der Waals surface area contributed by atoms with E-state index in [0.717, 1.165) is 0 Å². The second-order valence-corrected chi connectivity index (χ2v) is 4.35. The van der Waals surface area contributed by atoms with Crippen molar-refractivity contribution in [3.63, 3.8) is 0 Å². The van der Waals surface area contributed by atoms with Crippen LogP contribution in [0.4, 0.5) is 5.82 Å². The molecule has 1 atom stereocenters. The molecule has 8 heteroatoms. The average molecular weight is 309 g/mol. The van der Waals surface area contributed by atoms with Crippen LogP contribution in [-0.4, -0.2) is 19.5 Å². The van der Waals surface area contributed by atoms with Crippen LogP contribution >= 0.6 is 28.4 Å². The average Bonchev–Trinajstić information content (AvgIpc) is 2.45. The van der Waals surface area contributed by atoms with Gasteiger partial charge in [0.15, 0.2) is 11.3 Å². The lowest BCUT2D eigenvalue weighted by molar-refractivity contribution is 1.03. The van der Waals surface area contributed by atoms with Crippen molar-refractivity contribution >= 4 is 45.3 Å². The Bertz CT molecular complexity index is 505. The minimum Gasteiger partial charge on any atom is -0.380 e. The van der Waals surface area contributed by atoms with Crippen LogP contribution < -0.4 is 11.3 Å². The van der Waals surface area contributed by atoms with Gasteiger partial charge in [-0.05, 0) is 22.0 Å². The number of fused-ring (bicyclic) bond motifs is 1. The molecule has 0 fully saturated rings. The zero-order chi connectivity index (χ0) is 9.42. The van der Waals surface area contributed by atoms with E-state index in [9.17, 15) is 4.79 Å². The fourth-order valence-corrected chi connectivity index (χ4v) is 2.53. The van der Waals surface area contributed by atoms with Gasteiger partial charge in [0.05, 0.1) is 12.7 Å². The molecule has 2 heterocycles. The Morgan fingerprint density at radius 2 is 2.46 bits per heavy atom. The highest BCUT2D eigenvalue weighted by Gasteiger charge is 2.11. The molecule has 0 radical (unpaired) electrons. The highest BCUT2D eigenvalue weighted by atomic mass is 127. The molecule has 0 aliphatic rings. The Hall–Kier alpha value is -0.690. The van der Waals surface area contributed by atoms with Gasteiger partial charge in [0.1, 0.15) is 5.52 Å². The van der Waals surface area contributed by atoms with Crippen molar-refractivity contribution < 1.29 is 0 Å². The van der Waals surface area contributed by atoms with Gasteiger partial charge < -0.3 is 10.7 Å². The zero-order valence-electron chi connectivity index (χ0n) is 6.28. The molecule has 0 aliphatic heterocycles. The summed E-state index contributed by atoms with van der Waals surface area (Å²) in [4.78, 5) is 17.8. The van der Waals surface area contributed by atoms with Crippen LogP contribution in [-0.2, 0) is 0 Å². The third-order valence-corrected chi connectivity index (χ3v) is 3.43. The Kier molecular flexibility index (Phi) is 2.20. The van der Waals surface area contributed by atoms with Gasteiger partial charge in [0, 0.05) is 0 Å². The largest absolute Gasteiger partial charge is 0.380 e. The van der Waals surface area contributed by atoms with E-state index >= 15 is 0 Å². The molecule has 6 nitrogen and oxygen atoms in total. The number of aromatic nitrogens is 4. The second kappa shape index (κ2) is 3.22. The van der Waals surface area contributed by atoms with E-state index in [1.807, 2.05) is 0 Å². The standard InChI is InChI=1S/C5H5IN5OP/c6-13-11-3-2(4(7)10-11)8-1-9-5(3)12/h1,13H,(H2,7,10)(H,8,9,12). The summed E-state index contributed by atoms with van der Waals surface area (Å²) in [5.74, 6) is 0.297. The van der Waals surface area contributed by atoms with Crippen LogP contribution in [0.5, 0.6) is 0 Å². The van der Waals surface area contributed by atoms with Crippen molar-refractivity contribution in [1.82, 2.24) is 19.5 Å². The fourth-order valence-electron chi connectivity index (χ4n) is 1.04. The molecule has 13 heavy (non-hydrogen) atoms. The number of nitrogens with two attached hydrogens (primary N) is 1. The van der Waals surface area contributed by atoms with Crippen molar-refractivity contribution in [1.29, 1.82) is 0 Å². The number of anilines is 1. The second-order valence-electron chi connectivity index (χ2n) is 2.31. The topological polar surface area (TPSA) is 89.6 Å². The van der Waals surface area contributed by atoms with Crippen molar-refractivity contribution in [2.75, 3.05) is 5.73 Å². The summed E-state index contributed by atoms with van der Waals surface area (Å²) >= 11 is 2.12. The van der Waals surface area contributed by atoms with E-state index in [-0.39, 0.29) is 5.56 Å². The van der Waals surface area contributed by atoms with Crippen LogP contribution in [0.15, 0.2) is 11.1 Å². The minimum absolute atomic E-state index is 0.210. The van der Waals surface area contributed by atoms with Gasteiger partial charge in [-0.3, -0.25) is 4.79 Å². The maximum absolute atomic E-state index is 11.4. The zero-order valence-corrected chi connectivity index (χ0v) is 9.44. The van der Waals surface area contributed by atoms with Crippen molar-refractivity contribution in [3.8, 4) is 0 Å². The summed E-state index contributed by atoms with van der Waals surface area (Å²) in [5, 5.41) is 3.99. The molecular formula is C5H5IN5OP. The summed E-state index contributed by atoms with van der Waals surface area (Å²) in [7, 11) is 0. The predicted octanol–water partition coefficient (Wildman–Crippen LogP) is 0.493. The number of nitrogens with one attached hydrogen (secondary N) is 1. The molecule has 0 saturated carbocycles. The summed E-state index contributed by atoms with van der Waals surface area (Å²) in [5.41, 5.74) is 6.27. The number of H-pyrrole nitrogens is 1. The molecule has 0 aliphatic carbocycles. The summed E-state index contributed by atoms with van der Waals surface area (Å²) in [6, 6.07) is 0. The first-order chi connectivity index (χ1) is 6.24. The van der Waals surface area contributed by atoms with Gasteiger partial charge in [-0.25, -0.2) is 9.44 Å². The molecule has 0 bridgehead atoms. The van der Waals surface area contributed by atoms with Gasteiger partial charge >= 0.3 is 0 Å². The first kappa shape index (κ1) is 8.89. The lowest BCUT2D eigenvalue weighted by Gasteiger charge is -1.92. The minimum atomic E-state index is -0.210. The van der Waals surface area contributed by atoms with Crippen molar-refractivity contribution in [2.24, 2.45) is 0 Å². The lowest BCUT2D eigenvalue weighted by atomic mass is 10.4. The third-order valence-electron chi connectivity index (χ3n) is 1.57. The van der Waals surface area contributed by atoms with E-state index in [4.69, 9.17) is 5.73 Å². The molecule has 0 aromatic carbocycles. The normalized spacial score (nSPS) is 11.8. The third kappa shape index (κ3) is 1.31. The first-order valence-corrected chi connectivity index (χ1v) is 7.38. The Labute approximate surface area is 87.2 Å². The fraction of sp³-hybridized carbons (Fsp3) is 0. The molecule has 2 rings (SSSR count). The lowest BCUT2D eigenvalue weighted by Crippen LogP contribution is -2.08. The summed E-state index contributed by atoms with van der Waals surface area (Å²) < 4.78 is 1.55. The molecule has 2 aromatic heterocycles. The molecule has 68 valence electrons. The Balaban J connectivity index is 2.97. The van der Waals surface area contributed by atoms with E-state index in [1.165, 1.54) is 6.33 Å². The van der Waals surface area contributed by atoms with Crippen LogP contribution in [0.3, 0.4) is 0 Å². The van der Waals surface area contributed by atoms with Gasteiger partial charge in [-0.15, -0.1) is 5.10 Å². The van der Waals surface area contributed by atoms with Crippen molar-refractivity contribution in [2.45, 2.75) is 0 Å². The van der Waals surface area contributed by atoms with Crippen LogP contribution in [0.2, 0.25) is 0 Å². The number of halogens is 1. The number of rotatable bonds is 1.